The molecule has 2 heterocycles. The second kappa shape index (κ2) is 6.09. The van der Waals surface area contributed by atoms with Crippen molar-refractivity contribution < 1.29 is 0 Å². The summed E-state index contributed by atoms with van der Waals surface area (Å²) in [7, 11) is 0. The molecule has 0 fully saturated rings. The van der Waals surface area contributed by atoms with E-state index < -0.39 is 0 Å². The Morgan fingerprint density at radius 3 is 2.90 bits per heavy atom. The Morgan fingerprint density at radius 1 is 1.24 bits per heavy atom. The van der Waals surface area contributed by atoms with Gasteiger partial charge in [0.1, 0.15) is 5.82 Å². The molecule has 0 atom stereocenters. The van der Waals surface area contributed by atoms with Crippen molar-refractivity contribution in [2.45, 2.75) is 13.3 Å². The lowest BCUT2D eigenvalue weighted by Crippen LogP contribution is -2.06. The number of nitrogens with one attached hydrogen (secondary N) is 3. The zero-order valence-corrected chi connectivity index (χ0v) is 13.1. The van der Waals surface area contributed by atoms with E-state index in [0.717, 1.165) is 34.3 Å². The second-order valence-electron chi connectivity index (χ2n) is 4.56. The first-order valence-corrected chi connectivity index (χ1v) is 7.53. The van der Waals surface area contributed by atoms with E-state index in [4.69, 9.17) is 0 Å². The fourth-order valence-corrected chi connectivity index (χ4v) is 2.32. The van der Waals surface area contributed by atoms with Crippen molar-refractivity contribution in [1.29, 1.82) is 0 Å². The third kappa shape index (κ3) is 2.97. The molecule has 108 valence electrons. The zero-order valence-electron chi connectivity index (χ0n) is 11.5. The van der Waals surface area contributed by atoms with E-state index >= 15 is 0 Å². The molecule has 6 nitrogen and oxygen atoms in total. The fourth-order valence-electron chi connectivity index (χ4n) is 1.94. The lowest BCUT2D eigenvalue weighted by molar-refractivity contribution is 0.955. The van der Waals surface area contributed by atoms with Crippen LogP contribution >= 0.6 is 15.9 Å². The summed E-state index contributed by atoms with van der Waals surface area (Å²) in [6, 6.07) is 7.90. The number of fused-ring (bicyclic) bond motifs is 1. The van der Waals surface area contributed by atoms with Crippen LogP contribution in [0.5, 0.6) is 0 Å². The highest BCUT2D eigenvalue weighted by molar-refractivity contribution is 9.10. The quantitative estimate of drug-likeness (QED) is 0.656. The van der Waals surface area contributed by atoms with Crippen LogP contribution in [0.2, 0.25) is 0 Å². The monoisotopic (exact) mass is 346 g/mol. The number of aromatic amines is 1. The topological polar surface area (TPSA) is 78.5 Å². The van der Waals surface area contributed by atoms with Crippen molar-refractivity contribution in [2.75, 3.05) is 17.2 Å². The van der Waals surface area contributed by atoms with Crippen molar-refractivity contribution in [1.82, 2.24) is 20.2 Å². The Labute approximate surface area is 130 Å². The second-order valence-corrected chi connectivity index (χ2v) is 5.41. The highest BCUT2D eigenvalue weighted by Crippen LogP contribution is 2.28. The molecule has 21 heavy (non-hydrogen) atoms. The molecule has 0 bridgehead atoms. The van der Waals surface area contributed by atoms with E-state index in [1.165, 1.54) is 0 Å². The Morgan fingerprint density at radius 2 is 2.10 bits per heavy atom. The molecule has 0 aliphatic heterocycles. The number of hydrogen-bond donors (Lipinski definition) is 3. The molecule has 2 aromatic heterocycles. The summed E-state index contributed by atoms with van der Waals surface area (Å²) < 4.78 is 0.975. The van der Waals surface area contributed by atoms with Crippen molar-refractivity contribution in [2.24, 2.45) is 0 Å². The molecular weight excluding hydrogens is 332 g/mol. The zero-order chi connectivity index (χ0) is 14.7. The van der Waals surface area contributed by atoms with Gasteiger partial charge in [-0.2, -0.15) is 15.1 Å². The largest absolute Gasteiger partial charge is 0.354 e. The number of rotatable bonds is 5. The minimum Gasteiger partial charge on any atom is -0.354 e. The number of para-hydroxylation sites is 1. The molecule has 0 aliphatic carbocycles. The van der Waals surface area contributed by atoms with E-state index in [1.54, 1.807) is 6.20 Å². The summed E-state index contributed by atoms with van der Waals surface area (Å²) in [5.74, 6) is 1.31. The third-order valence-corrected chi connectivity index (χ3v) is 3.66. The molecule has 0 unspecified atom stereocenters. The Balaban J connectivity index is 2.00. The van der Waals surface area contributed by atoms with Crippen molar-refractivity contribution in [3.05, 3.63) is 34.9 Å². The normalized spacial score (nSPS) is 10.8. The predicted molar refractivity (Wildman–Crippen MR) is 87.9 cm³/mol. The van der Waals surface area contributed by atoms with Crippen LogP contribution in [0.15, 0.2) is 34.9 Å². The average Bonchev–Trinajstić information content (AvgIpc) is 2.96. The van der Waals surface area contributed by atoms with Crippen LogP contribution in [0.3, 0.4) is 0 Å². The summed E-state index contributed by atoms with van der Waals surface area (Å²) in [5, 5.41) is 14.3. The lowest BCUT2D eigenvalue weighted by atomic mass is 10.3. The van der Waals surface area contributed by atoms with Crippen LogP contribution in [0.1, 0.15) is 13.3 Å². The summed E-state index contributed by atoms with van der Waals surface area (Å²) in [6.07, 6.45) is 2.73. The van der Waals surface area contributed by atoms with Gasteiger partial charge in [0.15, 0.2) is 5.65 Å². The first-order chi connectivity index (χ1) is 10.3. The molecule has 0 spiro atoms. The molecule has 3 rings (SSSR count). The summed E-state index contributed by atoms with van der Waals surface area (Å²) >= 11 is 3.52. The summed E-state index contributed by atoms with van der Waals surface area (Å²) in [4.78, 5) is 8.94. The maximum atomic E-state index is 4.53. The van der Waals surface area contributed by atoms with Crippen molar-refractivity contribution in [3.8, 4) is 0 Å². The van der Waals surface area contributed by atoms with E-state index in [0.29, 0.717) is 11.6 Å². The van der Waals surface area contributed by atoms with Crippen LogP contribution in [0, 0.1) is 0 Å². The van der Waals surface area contributed by atoms with Crippen LogP contribution in [-0.4, -0.2) is 26.7 Å². The minimum atomic E-state index is 0.586. The minimum absolute atomic E-state index is 0.586. The molecule has 0 saturated heterocycles. The average molecular weight is 347 g/mol. The molecule has 1 aromatic carbocycles. The van der Waals surface area contributed by atoms with E-state index in [-0.39, 0.29) is 0 Å². The standard InChI is InChI=1S/C14H15BrN6/c1-2-7-16-14-19-12(9-8-17-21-13(9)20-14)18-11-6-4-3-5-10(11)15/h3-6,8H,2,7H2,1H3,(H3,16,17,18,19,20,21). The van der Waals surface area contributed by atoms with Gasteiger partial charge in [0, 0.05) is 11.0 Å². The van der Waals surface area contributed by atoms with Gasteiger partial charge in [-0.25, -0.2) is 0 Å². The molecule has 3 N–H and O–H groups in total. The Bertz CT molecular complexity index is 754. The van der Waals surface area contributed by atoms with Gasteiger partial charge in [0.05, 0.1) is 17.3 Å². The van der Waals surface area contributed by atoms with Crippen LogP contribution < -0.4 is 10.6 Å². The first-order valence-electron chi connectivity index (χ1n) is 6.74. The van der Waals surface area contributed by atoms with Gasteiger partial charge in [0.2, 0.25) is 5.95 Å². The van der Waals surface area contributed by atoms with Gasteiger partial charge in [-0.05, 0) is 34.5 Å². The number of H-pyrrole nitrogens is 1. The van der Waals surface area contributed by atoms with Gasteiger partial charge in [-0.3, -0.25) is 5.10 Å². The van der Waals surface area contributed by atoms with Gasteiger partial charge in [-0.1, -0.05) is 19.1 Å². The molecular formula is C14H15BrN6. The molecule has 0 aliphatic rings. The maximum Gasteiger partial charge on any atom is 0.226 e. The van der Waals surface area contributed by atoms with Crippen molar-refractivity contribution >= 4 is 44.4 Å². The van der Waals surface area contributed by atoms with Gasteiger partial charge < -0.3 is 10.6 Å². The molecule has 7 heteroatoms. The predicted octanol–water partition coefficient (Wildman–Crippen LogP) is 3.68. The number of nitrogens with zero attached hydrogens (tertiary/aromatic N) is 3. The number of anilines is 3. The third-order valence-electron chi connectivity index (χ3n) is 2.97. The van der Waals surface area contributed by atoms with E-state index in [2.05, 4.69) is 53.7 Å². The van der Waals surface area contributed by atoms with Crippen molar-refractivity contribution in [3.63, 3.8) is 0 Å². The number of benzene rings is 1. The maximum absolute atomic E-state index is 4.53. The molecule has 0 amide bonds. The highest BCUT2D eigenvalue weighted by Gasteiger charge is 2.10. The summed E-state index contributed by atoms with van der Waals surface area (Å²) in [5.41, 5.74) is 1.65. The van der Waals surface area contributed by atoms with E-state index in [9.17, 15) is 0 Å². The molecule has 0 radical (unpaired) electrons. The van der Waals surface area contributed by atoms with Crippen LogP contribution in [0.4, 0.5) is 17.5 Å². The van der Waals surface area contributed by atoms with Crippen LogP contribution in [-0.2, 0) is 0 Å². The summed E-state index contributed by atoms with van der Waals surface area (Å²) in [6.45, 7) is 2.93. The molecule has 3 aromatic rings. The Hall–Kier alpha value is -2.15. The van der Waals surface area contributed by atoms with Gasteiger partial charge >= 0.3 is 0 Å². The number of hydrogen-bond acceptors (Lipinski definition) is 5. The van der Waals surface area contributed by atoms with E-state index in [1.807, 2.05) is 24.3 Å². The fraction of sp³-hybridized carbons (Fsp3) is 0.214. The first kappa shape index (κ1) is 13.8. The Kier molecular flexibility index (Phi) is 4.01. The van der Waals surface area contributed by atoms with Gasteiger partial charge in [0.25, 0.3) is 0 Å². The highest BCUT2D eigenvalue weighted by atomic mass is 79.9. The van der Waals surface area contributed by atoms with Gasteiger partial charge in [-0.15, -0.1) is 0 Å². The lowest BCUT2D eigenvalue weighted by Gasteiger charge is -2.10. The smallest absolute Gasteiger partial charge is 0.226 e. The number of aromatic nitrogens is 4. The number of halogens is 1. The van der Waals surface area contributed by atoms with Crippen LogP contribution in [0.25, 0.3) is 11.0 Å². The molecule has 0 saturated carbocycles. The SMILES string of the molecule is CCCNc1nc(Nc2ccccc2Br)c2cn[nH]c2n1.